The number of nitrogens with zero attached hydrogens (tertiary/aromatic N) is 1. The zero-order valence-electron chi connectivity index (χ0n) is 9.26. The third kappa shape index (κ3) is 4.96. The SMILES string of the molecule is O=C(O)CCNC(=O)CCn1ccccc1=O. The van der Waals surface area contributed by atoms with E-state index >= 15 is 0 Å². The summed E-state index contributed by atoms with van der Waals surface area (Å²) in [6.45, 7) is 0.399. The monoisotopic (exact) mass is 238 g/mol. The van der Waals surface area contributed by atoms with Crippen LogP contribution < -0.4 is 10.9 Å². The molecule has 0 aliphatic carbocycles. The van der Waals surface area contributed by atoms with E-state index in [0.29, 0.717) is 6.54 Å². The number of rotatable bonds is 6. The van der Waals surface area contributed by atoms with Crippen molar-refractivity contribution in [3.63, 3.8) is 0 Å². The van der Waals surface area contributed by atoms with Crippen molar-refractivity contribution in [2.24, 2.45) is 0 Å². The Hall–Kier alpha value is -2.11. The second-order valence-electron chi connectivity index (χ2n) is 3.48. The molecule has 0 saturated heterocycles. The Bertz CT molecular complexity index is 453. The molecule has 0 bridgehead atoms. The van der Waals surface area contributed by atoms with Crippen molar-refractivity contribution < 1.29 is 14.7 Å². The lowest BCUT2D eigenvalue weighted by Gasteiger charge is -2.05. The average molecular weight is 238 g/mol. The van der Waals surface area contributed by atoms with Crippen LogP contribution in [0.4, 0.5) is 0 Å². The lowest BCUT2D eigenvalue weighted by atomic mass is 10.3. The second kappa shape index (κ2) is 6.47. The van der Waals surface area contributed by atoms with Crippen LogP contribution in [0, 0.1) is 0 Å². The van der Waals surface area contributed by atoms with Gasteiger partial charge in [-0.25, -0.2) is 0 Å². The van der Waals surface area contributed by atoms with Gasteiger partial charge in [-0.05, 0) is 6.07 Å². The normalized spacial score (nSPS) is 9.88. The molecule has 6 nitrogen and oxygen atoms in total. The molecule has 0 aliphatic heterocycles. The fourth-order valence-electron chi connectivity index (χ4n) is 1.26. The van der Waals surface area contributed by atoms with Crippen LogP contribution in [0.3, 0.4) is 0 Å². The Labute approximate surface area is 97.9 Å². The van der Waals surface area contributed by atoms with Gasteiger partial charge >= 0.3 is 5.97 Å². The summed E-state index contributed by atoms with van der Waals surface area (Å²) in [7, 11) is 0. The molecule has 6 heteroatoms. The first-order chi connectivity index (χ1) is 8.09. The third-order valence-corrected chi connectivity index (χ3v) is 2.14. The van der Waals surface area contributed by atoms with Crippen molar-refractivity contribution in [2.45, 2.75) is 19.4 Å². The average Bonchev–Trinajstić information content (AvgIpc) is 2.27. The highest BCUT2D eigenvalue weighted by Gasteiger charge is 2.03. The molecule has 0 radical (unpaired) electrons. The molecule has 0 aliphatic rings. The van der Waals surface area contributed by atoms with Gasteiger partial charge in [0.1, 0.15) is 0 Å². The van der Waals surface area contributed by atoms with E-state index in [4.69, 9.17) is 5.11 Å². The molecule has 1 heterocycles. The molecule has 1 aromatic rings. The predicted octanol–water partition coefficient (Wildman–Crippen LogP) is -0.171. The van der Waals surface area contributed by atoms with Crippen molar-refractivity contribution in [3.8, 4) is 0 Å². The van der Waals surface area contributed by atoms with Gasteiger partial charge in [-0.1, -0.05) is 6.07 Å². The molecule has 1 amide bonds. The van der Waals surface area contributed by atoms with Crippen LogP contribution in [0.2, 0.25) is 0 Å². The lowest BCUT2D eigenvalue weighted by Crippen LogP contribution is -2.28. The number of carbonyl (C=O) groups excluding carboxylic acids is 1. The van der Waals surface area contributed by atoms with Crippen LogP contribution in [-0.4, -0.2) is 28.1 Å². The molecule has 0 aromatic carbocycles. The van der Waals surface area contributed by atoms with Gasteiger partial charge in [0, 0.05) is 31.8 Å². The standard InChI is InChI=1S/C11H14N2O4/c14-9(12-6-4-11(16)17)5-8-13-7-2-1-3-10(13)15/h1-3,7H,4-6,8H2,(H,12,14)(H,16,17). The lowest BCUT2D eigenvalue weighted by molar-refractivity contribution is -0.136. The molecule has 17 heavy (non-hydrogen) atoms. The first kappa shape index (κ1) is 13.0. The molecule has 2 N–H and O–H groups in total. The highest BCUT2D eigenvalue weighted by molar-refractivity contribution is 5.76. The van der Waals surface area contributed by atoms with Gasteiger partial charge in [-0.3, -0.25) is 14.4 Å². The van der Waals surface area contributed by atoms with Crippen molar-refractivity contribution in [1.82, 2.24) is 9.88 Å². The minimum Gasteiger partial charge on any atom is -0.481 e. The van der Waals surface area contributed by atoms with Crippen LogP contribution in [0.1, 0.15) is 12.8 Å². The first-order valence-electron chi connectivity index (χ1n) is 5.23. The molecule has 92 valence electrons. The highest BCUT2D eigenvalue weighted by Crippen LogP contribution is 1.88. The van der Waals surface area contributed by atoms with Gasteiger partial charge in [0.2, 0.25) is 5.91 Å². The summed E-state index contributed by atoms with van der Waals surface area (Å²) in [5.74, 6) is -1.22. The quantitative estimate of drug-likeness (QED) is 0.720. The second-order valence-corrected chi connectivity index (χ2v) is 3.48. The number of amides is 1. The Morgan fingerprint density at radius 1 is 1.29 bits per heavy atom. The largest absolute Gasteiger partial charge is 0.481 e. The molecular weight excluding hydrogens is 224 g/mol. The van der Waals surface area contributed by atoms with Crippen LogP contribution in [0.5, 0.6) is 0 Å². The number of hydrogen-bond acceptors (Lipinski definition) is 3. The summed E-state index contributed by atoms with van der Waals surface area (Å²) in [4.78, 5) is 32.8. The Morgan fingerprint density at radius 3 is 2.71 bits per heavy atom. The van der Waals surface area contributed by atoms with E-state index in [1.807, 2.05) is 0 Å². The van der Waals surface area contributed by atoms with E-state index < -0.39 is 5.97 Å². The van der Waals surface area contributed by atoms with Gasteiger partial charge in [-0.2, -0.15) is 0 Å². The number of pyridine rings is 1. The third-order valence-electron chi connectivity index (χ3n) is 2.14. The van der Waals surface area contributed by atoms with Gasteiger partial charge in [0.25, 0.3) is 5.56 Å². The molecule has 0 atom stereocenters. The summed E-state index contributed by atoms with van der Waals surface area (Å²) in [5, 5.41) is 10.8. The summed E-state index contributed by atoms with van der Waals surface area (Å²) in [6, 6.07) is 4.76. The Balaban J connectivity index is 2.31. The maximum absolute atomic E-state index is 11.3. The molecular formula is C11H14N2O4. The van der Waals surface area contributed by atoms with E-state index in [0.717, 1.165) is 0 Å². The highest BCUT2D eigenvalue weighted by atomic mass is 16.4. The van der Waals surface area contributed by atoms with Crippen molar-refractivity contribution in [2.75, 3.05) is 6.54 Å². The van der Waals surface area contributed by atoms with Crippen molar-refractivity contribution >= 4 is 11.9 Å². The minimum atomic E-state index is -0.954. The number of carbonyl (C=O) groups is 2. The van der Waals surface area contributed by atoms with Gasteiger partial charge < -0.3 is 15.0 Å². The van der Waals surface area contributed by atoms with E-state index in [9.17, 15) is 14.4 Å². The fourth-order valence-corrected chi connectivity index (χ4v) is 1.26. The number of aryl methyl sites for hydroxylation is 1. The Morgan fingerprint density at radius 2 is 2.06 bits per heavy atom. The minimum absolute atomic E-state index is 0.100. The van der Waals surface area contributed by atoms with Crippen LogP contribution in [0.15, 0.2) is 29.2 Å². The smallest absolute Gasteiger partial charge is 0.305 e. The molecule has 1 rings (SSSR count). The molecule has 0 spiro atoms. The molecule has 1 aromatic heterocycles. The fraction of sp³-hybridized carbons (Fsp3) is 0.364. The van der Waals surface area contributed by atoms with Crippen LogP contribution in [-0.2, 0) is 16.1 Å². The van der Waals surface area contributed by atoms with Crippen molar-refractivity contribution in [3.05, 3.63) is 34.7 Å². The molecule has 0 fully saturated rings. The number of carboxylic acid groups (broad SMARTS) is 1. The topological polar surface area (TPSA) is 88.4 Å². The number of aliphatic carboxylic acids is 1. The summed E-state index contributed by atoms with van der Waals surface area (Å²) >= 11 is 0. The van der Waals surface area contributed by atoms with Gasteiger partial charge in [0.15, 0.2) is 0 Å². The van der Waals surface area contributed by atoms with E-state index in [-0.39, 0.29) is 30.9 Å². The number of hydrogen-bond donors (Lipinski definition) is 2. The zero-order valence-corrected chi connectivity index (χ0v) is 9.26. The van der Waals surface area contributed by atoms with E-state index in [2.05, 4.69) is 5.32 Å². The summed E-state index contributed by atoms with van der Waals surface area (Å²) in [5.41, 5.74) is -0.161. The van der Waals surface area contributed by atoms with E-state index in [1.54, 1.807) is 18.3 Å². The number of aromatic nitrogens is 1. The summed E-state index contributed by atoms with van der Waals surface area (Å²) < 4.78 is 1.43. The first-order valence-corrected chi connectivity index (χ1v) is 5.23. The zero-order chi connectivity index (χ0) is 12.7. The van der Waals surface area contributed by atoms with Crippen LogP contribution >= 0.6 is 0 Å². The van der Waals surface area contributed by atoms with Gasteiger partial charge in [0.05, 0.1) is 6.42 Å². The molecule has 0 unspecified atom stereocenters. The van der Waals surface area contributed by atoms with Gasteiger partial charge in [-0.15, -0.1) is 0 Å². The molecule has 0 saturated carbocycles. The maximum Gasteiger partial charge on any atom is 0.305 e. The van der Waals surface area contributed by atoms with Crippen LogP contribution in [0.25, 0.3) is 0 Å². The number of carboxylic acids is 1. The maximum atomic E-state index is 11.3. The number of nitrogens with one attached hydrogen (secondary N) is 1. The predicted molar refractivity (Wildman–Crippen MR) is 60.6 cm³/mol. The Kier molecular flexibility index (Phi) is 4.93. The summed E-state index contributed by atoms with van der Waals surface area (Å²) in [6.07, 6.45) is 1.66. The van der Waals surface area contributed by atoms with E-state index in [1.165, 1.54) is 10.6 Å². The van der Waals surface area contributed by atoms with Crippen molar-refractivity contribution in [1.29, 1.82) is 0 Å².